The normalized spacial score (nSPS) is 43.3. The van der Waals surface area contributed by atoms with Crippen LogP contribution in [0.1, 0.15) is 43.2 Å². The maximum absolute atomic E-state index is 4.58. The maximum atomic E-state index is 4.58. The van der Waals surface area contributed by atoms with E-state index in [2.05, 4.69) is 22.7 Å². The van der Waals surface area contributed by atoms with Crippen molar-refractivity contribution < 1.29 is 0 Å². The van der Waals surface area contributed by atoms with Crippen molar-refractivity contribution in [3.63, 3.8) is 0 Å². The Bertz CT molecular complexity index is 386. The van der Waals surface area contributed by atoms with E-state index >= 15 is 0 Å². The summed E-state index contributed by atoms with van der Waals surface area (Å²) < 4.78 is 0. The molecule has 0 spiro atoms. The molecule has 0 radical (unpaired) electrons. The predicted octanol–water partition coefficient (Wildman–Crippen LogP) is 3.48. The third-order valence-corrected chi connectivity index (χ3v) is 6.57. The molecule has 4 fully saturated rings. The lowest BCUT2D eigenvalue weighted by molar-refractivity contribution is -0.0515. The predicted molar refractivity (Wildman–Crippen MR) is 74.4 cm³/mol. The van der Waals surface area contributed by atoms with Crippen LogP contribution in [-0.4, -0.2) is 12.0 Å². The minimum atomic E-state index is 0.514. The number of rotatable bonds is 3. The molecule has 0 aromatic carbocycles. The van der Waals surface area contributed by atoms with Crippen LogP contribution in [0.2, 0.25) is 0 Å². The van der Waals surface area contributed by atoms with Gasteiger partial charge in [0.25, 0.3) is 0 Å². The molecular weight excluding hydrogens is 240 g/mol. The Kier molecular flexibility index (Phi) is 2.73. The van der Waals surface area contributed by atoms with Gasteiger partial charge in [0, 0.05) is 11.6 Å². The van der Waals surface area contributed by atoms with E-state index in [-0.39, 0.29) is 0 Å². The fraction of sp³-hybridized carbons (Fsp3) is 0.800. The molecule has 0 saturated heterocycles. The molecule has 4 aliphatic carbocycles. The first kappa shape index (κ1) is 11.4. The van der Waals surface area contributed by atoms with Crippen molar-refractivity contribution in [3.05, 3.63) is 16.6 Å². The number of aromatic nitrogens is 1. The molecule has 4 aliphatic rings. The average molecular weight is 262 g/mol. The Morgan fingerprint density at radius 2 is 1.83 bits per heavy atom. The van der Waals surface area contributed by atoms with Gasteiger partial charge in [-0.3, -0.25) is 0 Å². The standard InChI is InChI=1S/C15H22N2S/c1-16-14(15-17-2-3-18-15)13-11-5-9-4-10(7-11)8-12(13)6-9/h2-3,9-14,16H,4-8H2,1H3. The summed E-state index contributed by atoms with van der Waals surface area (Å²) in [7, 11) is 2.12. The second-order valence-electron chi connectivity index (χ2n) is 6.64. The van der Waals surface area contributed by atoms with Crippen molar-refractivity contribution in [2.45, 2.75) is 38.1 Å². The van der Waals surface area contributed by atoms with Gasteiger partial charge < -0.3 is 5.32 Å². The largest absolute Gasteiger partial charge is 0.311 e. The maximum Gasteiger partial charge on any atom is 0.110 e. The summed E-state index contributed by atoms with van der Waals surface area (Å²) in [6.07, 6.45) is 9.51. The summed E-state index contributed by atoms with van der Waals surface area (Å²) >= 11 is 1.83. The molecule has 3 heteroatoms. The Hall–Kier alpha value is -0.410. The van der Waals surface area contributed by atoms with Crippen LogP contribution in [0.5, 0.6) is 0 Å². The minimum absolute atomic E-state index is 0.514. The molecule has 18 heavy (non-hydrogen) atoms. The van der Waals surface area contributed by atoms with E-state index in [0.29, 0.717) is 6.04 Å². The van der Waals surface area contributed by atoms with E-state index in [1.807, 2.05) is 17.5 Å². The molecule has 1 aromatic heterocycles. The van der Waals surface area contributed by atoms with Gasteiger partial charge in [-0.25, -0.2) is 4.98 Å². The first-order chi connectivity index (χ1) is 8.85. The fourth-order valence-electron chi connectivity index (χ4n) is 5.38. The first-order valence-corrected chi connectivity index (χ1v) is 8.29. The van der Waals surface area contributed by atoms with E-state index in [0.717, 1.165) is 29.6 Å². The molecular formula is C15H22N2S. The zero-order chi connectivity index (χ0) is 12.1. The summed E-state index contributed by atoms with van der Waals surface area (Å²) in [6, 6.07) is 0.514. The number of nitrogens with zero attached hydrogens (tertiary/aromatic N) is 1. The Morgan fingerprint density at radius 1 is 1.17 bits per heavy atom. The van der Waals surface area contributed by atoms with Gasteiger partial charge in [-0.15, -0.1) is 11.3 Å². The number of hydrogen-bond acceptors (Lipinski definition) is 3. The monoisotopic (exact) mass is 262 g/mol. The number of hydrogen-bond donors (Lipinski definition) is 1. The smallest absolute Gasteiger partial charge is 0.110 e. The molecule has 0 amide bonds. The van der Waals surface area contributed by atoms with Crippen LogP contribution in [0.4, 0.5) is 0 Å². The van der Waals surface area contributed by atoms with Crippen molar-refractivity contribution >= 4 is 11.3 Å². The van der Waals surface area contributed by atoms with E-state index in [9.17, 15) is 0 Å². The molecule has 1 atom stereocenters. The lowest BCUT2D eigenvalue weighted by Crippen LogP contribution is -2.49. The summed E-state index contributed by atoms with van der Waals surface area (Å²) in [5.41, 5.74) is 0. The van der Waals surface area contributed by atoms with Gasteiger partial charge in [0.15, 0.2) is 0 Å². The van der Waals surface area contributed by atoms with Crippen molar-refractivity contribution in [3.8, 4) is 0 Å². The molecule has 1 heterocycles. The van der Waals surface area contributed by atoms with Crippen molar-refractivity contribution in [2.24, 2.45) is 29.6 Å². The van der Waals surface area contributed by atoms with Gasteiger partial charge in [0.05, 0.1) is 6.04 Å². The SMILES string of the molecule is CNC(c1nccs1)C1C2CC3CC(C2)CC1C3. The Morgan fingerprint density at radius 3 is 2.33 bits per heavy atom. The van der Waals surface area contributed by atoms with Gasteiger partial charge in [0.1, 0.15) is 5.01 Å². The second-order valence-corrected chi connectivity index (χ2v) is 7.57. The average Bonchev–Trinajstić information content (AvgIpc) is 2.86. The van der Waals surface area contributed by atoms with Gasteiger partial charge >= 0.3 is 0 Å². The topological polar surface area (TPSA) is 24.9 Å². The molecule has 1 N–H and O–H groups in total. The molecule has 4 saturated carbocycles. The summed E-state index contributed by atoms with van der Waals surface area (Å²) in [5, 5.41) is 7.02. The lowest BCUT2D eigenvalue weighted by atomic mass is 9.50. The van der Waals surface area contributed by atoms with Crippen LogP contribution in [0, 0.1) is 29.6 Å². The summed E-state index contributed by atoms with van der Waals surface area (Å²) in [4.78, 5) is 4.58. The molecule has 0 aliphatic heterocycles. The molecule has 5 rings (SSSR count). The van der Waals surface area contributed by atoms with E-state index in [4.69, 9.17) is 0 Å². The zero-order valence-corrected chi connectivity index (χ0v) is 11.8. The molecule has 98 valence electrons. The van der Waals surface area contributed by atoms with Gasteiger partial charge in [-0.1, -0.05) is 0 Å². The highest BCUT2D eigenvalue weighted by atomic mass is 32.1. The lowest BCUT2D eigenvalue weighted by Gasteiger charge is -2.56. The van der Waals surface area contributed by atoms with Gasteiger partial charge in [0.2, 0.25) is 0 Å². The van der Waals surface area contributed by atoms with Crippen molar-refractivity contribution in [1.29, 1.82) is 0 Å². The second kappa shape index (κ2) is 4.31. The highest BCUT2D eigenvalue weighted by Crippen LogP contribution is 2.59. The quantitative estimate of drug-likeness (QED) is 0.902. The zero-order valence-electron chi connectivity index (χ0n) is 11.0. The third-order valence-electron chi connectivity index (χ3n) is 5.71. The van der Waals surface area contributed by atoms with E-state index in [1.165, 1.54) is 30.7 Å². The van der Waals surface area contributed by atoms with Crippen LogP contribution < -0.4 is 5.32 Å². The molecule has 1 aromatic rings. The van der Waals surface area contributed by atoms with Gasteiger partial charge in [-0.2, -0.15) is 0 Å². The third kappa shape index (κ3) is 1.67. The van der Waals surface area contributed by atoms with Crippen LogP contribution in [0.3, 0.4) is 0 Å². The van der Waals surface area contributed by atoms with Crippen molar-refractivity contribution in [1.82, 2.24) is 10.3 Å². The minimum Gasteiger partial charge on any atom is -0.311 e. The Labute approximate surface area is 113 Å². The molecule has 1 unspecified atom stereocenters. The van der Waals surface area contributed by atoms with E-state index < -0.39 is 0 Å². The van der Waals surface area contributed by atoms with Crippen LogP contribution in [-0.2, 0) is 0 Å². The van der Waals surface area contributed by atoms with Gasteiger partial charge in [-0.05, 0) is 68.7 Å². The van der Waals surface area contributed by atoms with E-state index in [1.54, 1.807) is 6.42 Å². The molecule has 4 bridgehead atoms. The Balaban J connectivity index is 1.64. The van der Waals surface area contributed by atoms with Crippen LogP contribution in [0.25, 0.3) is 0 Å². The van der Waals surface area contributed by atoms with Crippen LogP contribution >= 0.6 is 11.3 Å². The number of thiazole rings is 1. The molecule has 2 nitrogen and oxygen atoms in total. The highest BCUT2D eigenvalue weighted by Gasteiger charge is 2.50. The van der Waals surface area contributed by atoms with Crippen LogP contribution in [0.15, 0.2) is 11.6 Å². The summed E-state index contributed by atoms with van der Waals surface area (Å²) in [5.74, 6) is 4.94. The first-order valence-electron chi connectivity index (χ1n) is 7.41. The summed E-state index contributed by atoms with van der Waals surface area (Å²) in [6.45, 7) is 0. The number of nitrogens with one attached hydrogen (secondary N) is 1. The van der Waals surface area contributed by atoms with Crippen molar-refractivity contribution in [2.75, 3.05) is 7.05 Å². The highest BCUT2D eigenvalue weighted by molar-refractivity contribution is 7.09. The fourth-order valence-corrected chi connectivity index (χ4v) is 6.18.